The summed E-state index contributed by atoms with van der Waals surface area (Å²) >= 11 is 5.87. The lowest BCUT2D eigenvalue weighted by atomic mass is 10.1. The number of nitrogens with one attached hydrogen (secondary N) is 2. The molecule has 0 bridgehead atoms. The van der Waals surface area contributed by atoms with Crippen LogP contribution in [0.2, 0.25) is 5.02 Å². The van der Waals surface area contributed by atoms with E-state index in [1.807, 2.05) is 0 Å². The number of esters is 1. The molecule has 0 aliphatic heterocycles. The number of carbonyl (C=O) groups excluding carboxylic acids is 3. The van der Waals surface area contributed by atoms with Crippen molar-refractivity contribution in [2.45, 2.75) is 20.8 Å². The summed E-state index contributed by atoms with van der Waals surface area (Å²) in [5.41, 5.74) is 2.61. The first kappa shape index (κ1) is 22.0. The van der Waals surface area contributed by atoms with E-state index in [4.69, 9.17) is 16.3 Å². The molecule has 3 aromatic rings. The van der Waals surface area contributed by atoms with Gasteiger partial charge in [-0.05, 0) is 62.4 Å². The second-order valence-electron chi connectivity index (χ2n) is 6.68. The van der Waals surface area contributed by atoms with Gasteiger partial charge in [0, 0.05) is 28.9 Å². The average molecular weight is 441 g/mol. The lowest BCUT2D eigenvalue weighted by molar-refractivity contribution is -0.114. The maximum absolute atomic E-state index is 12.7. The predicted molar refractivity (Wildman–Crippen MR) is 118 cm³/mol. The van der Waals surface area contributed by atoms with Crippen LogP contribution < -0.4 is 10.6 Å². The monoisotopic (exact) mass is 440 g/mol. The Bertz CT molecular complexity index is 1140. The smallest absolute Gasteiger partial charge is 0.358 e. The highest BCUT2D eigenvalue weighted by Crippen LogP contribution is 2.25. The molecule has 2 N–H and O–H groups in total. The van der Waals surface area contributed by atoms with Crippen LogP contribution in [0.1, 0.15) is 40.4 Å². The molecule has 0 fully saturated rings. The summed E-state index contributed by atoms with van der Waals surface area (Å²) in [6.07, 6.45) is 0. The molecule has 2 amide bonds. The van der Waals surface area contributed by atoms with Crippen molar-refractivity contribution >= 4 is 40.8 Å². The van der Waals surface area contributed by atoms with Crippen molar-refractivity contribution < 1.29 is 19.1 Å². The van der Waals surface area contributed by atoms with Gasteiger partial charge in [-0.25, -0.2) is 9.48 Å². The van der Waals surface area contributed by atoms with Crippen molar-refractivity contribution in [3.05, 3.63) is 70.5 Å². The third-order valence-corrected chi connectivity index (χ3v) is 4.52. The van der Waals surface area contributed by atoms with Crippen LogP contribution in [0.4, 0.5) is 11.4 Å². The fourth-order valence-corrected chi connectivity index (χ4v) is 3.04. The minimum absolute atomic E-state index is 0.151. The zero-order valence-electron chi connectivity index (χ0n) is 17.2. The Labute approximate surface area is 184 Å². The Morgan fingerprint density at radius 1 is 1.06 bits per heavy atom. The first-order valence-corrected chi connectivity index (χ1v) is 9.89. The van der Waals surface area contributed by atoms with Gasteiger partial charge in [-0.15, -0.1) is 0 Å². The van der Waals surface area contributed by atoms with E-state index >= 15 is 0 Å². The van der Waals surface area contributed by atoms with Gasteiger partial charge < -0.3 is 15.4 Å². The van der Waals surface area contributed by atoms with E-state index in [-0.39, 0.29) is 24.1 Å². The molecule has 8 nitrogen and oxygen atoms in total. The number of halogens is 1. The Kier molecular flexibility index (Phi) is 6.71. The lowest BCUT2D eigenvalue weighted by Crippen LogP contribution is -2.15. The summed E-state index contributed by atoms with van der Waals surface area (Å²) in [7, 11) is 0. The van der Waals surface area contributed by atoms with Gasteiger partial charge in [-0.1, -0.05) is 11.6 Å². The largest absolute Gasteiger partial charge is 0.461 e. The molecule has 0 aliphatic carbocycles. The third kappa shape index (κ3) is 5.29. The van der Waals surface area contributed by atoms with Crippen molar-refractivity contribution in [1.29, 1.82) is 0 Å². The number of amides is 2. The van der Waals surface area contributed by atoms with Crippen LogP contribution in [0.5, 0.6) is 0 Å². The first-order chi connectivity index (χ1) is 14.8. The van der Waals surface area contributed by atoms with Crippen LogP contribution in [0.15, 0.2) is 48.5 Å². The maximum Gasteiger partial charge on any atom is 0.358 e. The molecular weight excluding hydrogens is 420 g/mol. The summed E-state index contributed by atoms with van der Waals surface area (Å²) in [4.78, 5) is 36.4. The molecule has 0 radical (unpaired) electrons. The van der Waals surface area contributed by atoms with Crippen LogP contribution in [0.25, 0.3) is 5.69 Å². The quantitative estimate of drug-likeness (QED) is 0.558. The second kappa shape index (κ2) is 9.44. The average Bonchev–Trinajstić information content (AvgIpc) is 3.11. The zero-order valence-corrected chi connectivity index (χ0v) is 18.0. The Morgan fingerprint density at radius 3 is 2.42 bits per heavy atom. The molecule has 2 aromatic carbocycles. The molecule has 0 saturated carbocycles. The normalized spacial score (nSPS) is 10.5. The van der Waals surface area contributed by atoms with Crippen molar-refractivity contribution in [2.24, 2.45) is 0 Å². The number of hydrogen-bond donors (Lipinski definition) is 2. The topological polar surface area (TPSA) is 102 Å². The minimum atomic E-state index is -0.538. The van der Waals surface area contributed by atoms with Crippen molar-refractivity contribution in [3.63, 3.8) is 0 Å². The number of benzene rings is 2. The van der Waals surface area contributed by atoms with Crippen molar-refractivity contribution in [1.82, 2.24) is 9.78 Å². The number of nitrogens with zero attached hydrogens (tertiary/aromatic N) is 2. The number of rotatable bonds is 6. The summed E-state index contributed by atoms with van der Waals surface area (Å²) in [6, 6.07) is 13.1. The van der Waals surface area contributed by atoms with Crippen LogP contribution >= 0.6 is 11.6 Å². The highest BCUT2D eigenvalue weighted by molar-refractivity contribution is 6.30. The first-order valence-electron chi connectivity index (χ1n) is 9.51. The zero-order chi connectivity index (χ0) is 22.5. The van der Waals surface area contributed by atoms with Crippen LogP contribution in [0, 0.1) is 6.92 Å². The molecule has 1 heterocycles. The third-order valence-electron chi connectivity index (χ3n) is 4.27. The van der Waals surface area contributed by atoms with E-state index in [0.717, 1.165) is 0 Å². The molecule has 0 atom stereocenters. The van der Waals surface area contributed by atoms with Crippen molar-refractivity contribution in [3.8, 4) is 5.69 Å². The maximum atomic E-state index is 12.7. The number of aromatic nitrogens is 2. The predicted octanol–water partition coefficient (Wildman–Crippen LogP) is 4.22. The highest BCUT2D eigenvalue weighted by atomic mass is 35.5. The van der Waals surface area contributed by atoms with Crippen LogP contribution in [0.3, 0.4) is 0 Å². The molecule has 9 heteroatoms. The fraction of sp³-hybridized carbons (Fsp3) is 0.182. The summed E-state index contributed by atoms with van der Waals surface area (Å²) < 4.78 is 6.51. The molecule has 0 aliphatic rings. The number of aryl methyl sites for hydroxylation is 1. The Morgan fingerprint density at radius 2 is 1.77 bits per heavy atom. The highest BCUT2D eigenvalue weighted by Gasteiger charge is 2.18. The molecule has 3 rings (SSSR count). The molecular formula is C22H21ClN4O4. The standard InChI is InChI=1S/C22H21ClN4O4/c1-4-31-22(30)19-11-13(2)27(26-19)20-10-5-15(12-18(20)24-14(3)28)21(29)25-17-8-6-16(23)7-9-17/h5-12H,4H2,1-3H3,(H,24,28)(H,25,29). The van der Waals surface area contributed by atoms with Crippen LogP contribution in [-0.2, 0) is 9.53 Å². The van der Waals surface area contributed by atoms with E-state index in [1.54, 1.807) is 62.4 Å². The number of ether oxygens (including phenoxy) is 1. The SMILES string of the molecule is CCOC(=O)c1cc(C)n(-c2ccc(C(=O)Nc3ccc(Cl)cc3)cc2NC(C)=O)n1. The molecule has 0 saturated heterocycles. The van der Waals surface area contributed by atoms with Gasteiger partial charge in [0.15, 0.2) is 5.69 Å². The van der Waals surface area contributed by atoms with Gasteiger partial charge in [0.25, 0.3) is 5.91 Å². The minimum Gasteiger partial charge on any atom is -0.461 e. The Hall–Kier alpha value is -3.65. The summed E-state index contributed by atoms with van der Waals surface area (Å²) in [6.45, 7) is 5.09. The van der Waals surface area contributed by atoms with E-state index in [2.05, 4.69) is 15.7 Å². The van der Waals surface area contributed by atoms with Crippen LogP contribution in [-0.4, -0.2) is 34.2 Å². The van der Waals surface area contributed by atoms with E-state index < -0.39 is 5.97 Å². The van der Waals surface area contributed by atoms with Gasteiger partial charge in [0.1, 0.15) is 0 Å². The number of anilines is 2. The summed E-state index contributed by atoms with van der Waals surface area (Å²) in [5.74, 6) is -1.21. The van der Waals surface area contributed by atoms with E-state index in [1.165, 1.54) is 11.6 Å². The molecule has 1 aromatic heterocycles. The summed E-state index contributed by atoms with van der Waals surface area (Å²) in [5, 5.41) is 10.3. The van der Waals surface area contributed by atoms with Gasteiger partial charge in [0.05, 0.1) is 18.0 Å². The lowest BCUT2D eigenvalue weighted by Gasteiger charge is -2.14. The molecule has 160 valence electrons. The molecule has 0 spiro atoms. The van der Waals surface area contributed by atoms with Crippen molar-refractivity contribution in [2.75, 3.05) is 17.2 Å². The molecule has 0 unspecified atom stereocenters. The number of hydrogen-bond acceptors (Lipinski definition) is 5. The van der Waals surface area contributed by atoms with Gasteiger partial charge in [-0.2, -0.15) is 5.10 Å². The number of carbonyl (C=O) groups is 3. The fourth-order valence-electron chi connectivity index (χ4n) is 2.91. The van der Waals surface area contributed by atoms with Gasteiger partial charge in [0.2, 0.25) is 5.91 Å². The molecule has 31 heavy (non-hydrogen) atoms. The van der Waals surface area contributed by atoms with E-state index in [0.29, 0.717) is 33.3 Å². The second-order valence-corrected chi connectivity index (χ2v) is 7.11. The van der Waals surface area contributed by atoms with Gasteiger partial charge >= 0.3 is 5.97 Å². The van der Waals surface area contributed by atoms with Gasteiger partial charge in [-0.3, -0.25) is 9.59 Å². The Balaban J connectivity index is 1.95. The van der Waals surface area contributed by atoms with E-state index in [9.17, 15) is 14.4 Å².